The van der Waals surface area contributed by atoms with E-state index < -0.39 is 6.10 Å². The van der Waals surface area contributed by atoms with E-state index in [0.29, 0.717) is 5.25 Å². The van der Waals surface area contributed by atoms with Gasteiger partial charge < -0.3 is 21.1 Å². The summed E-state index contributed by atoms with van der Waals surface area (Å²) in [5, 5.41) is 13.2. The Hall–Kier alpha value is -1.05. The number of nitrogens with two attached hydrogens (primary N) is 1. The molecule has 0 saturated carbocycles. The number of aliphatic hydroxyl groups is 1. The van der Waals surface area contributed by atoms with E-state index in [1.165, 1.54) is 0 Å². The molecule has 0 spiro atoms. The van der Waals surface area contributed by atoms with Gasteiger partial charge in [0.2, 0.25) is 11.8 Å². The zero-order valence-corrected chi connectivity index (χ0v) is 13.0. The molecule has 3 aliphatic rings. The maximum Gasteiger partial charge on any atom is 0.234 e. The molecule has 0 aromatic heterocycles. The van der Waals surface area contributed by atoms with E-state index in [0.717, 1.165) is 17.9 Å². The van der Waals surface area contributed by atoms with Gasteiger partial charge in [-0.3, -0.25) is 9.59 Å². The van der Waals surface area contributed by atoms with Crippen molar-refractivity contribution in [1.82, 2.24) is 10.2 Å². The third-order valence-electron chi connectivity index (χ3n) is 4.71. The lowest BCUT2D eigenvalue weighted by molar-refractivity contribution is -0.158. The molecule has 6 nitrogen and oxygen atoms in total. The first kappa shape index (κ1) is 14.9. The van der Waals surface area contributed by atoms with Gasteiger partial charge in [0.05, 0.1) is 24.1 Å². The van der Waals surface area contributed by atoms with Crippen LogP contribution in [0, 0.1) is 11.8 Å². The number of hydrogen-bond acceptors (Lipinski definition) is 5. The minimum atomic E-state index is -0.605. The molecule has 2 amide bonds. The van der Waals surface area contributed by atoms with Crippen molar-refractivity contribution in [3.05, 3.63) is 11.1 Å². The smallest absolute Gasteiger partial charge is 0.234 e. The standard InChI is InChI=1S/C14H21N3O3S/c1-6-10(21-8-3-9(13(15)19)16-4-8)5-17-12(6)11(7(2)18)14(17)20/h5-9,11-12,16,18H,3-4H2,1-2H3,(H2,15,19)/t6?,7?,8?,9?,11?,12-/m1/s1. The molecule has 0 aromatic rings. The summed E-state index contributed by atoms with van der Waals surface area (Å²) in [6.45, 7) is 4.52. The van der Waals surface area contributed by atoms with Gasteiger partial charge in [-0.25, -0.2) is 0 Å². The van der Waals surface area contributed by atoms with E-state index in [-0.39, 0.29) is 35.7 Å². The SMILES string of the molecule is CC(O)C1C(=O)N2C=C(SC3CNC(C(N)=O)C3)C(C)[C@H]12. The number of amides is 2. The molecule has 3 rings (SSSR count). The topological polar surface area (TPSA) is 95.7 Å². The Kier molecular flexibility index (Phi) is 3.75. The largest absolute Gasteiger partial charge is 0.393 e. The molecule has 3 aliphatic heterocycles. The van der Waals surface area contributed by atoms with Crippen LogP contribution in [0.4, 0.5) is 0 Å². The second-order valence-electron chi connectivity index (χ2n) is 6.16. The van der Waals surface area contributed by atoms with Crippen LogP contribution in [0.2, 0.25) is 0 Å². The summed E-state index contributed by atoms with van der Waals surface area (Å²) in [6, 6.07) is -0.162. The van der Waals surface area contributed by atoms with Crippen LogP contribution in [0.25, 0.3) is 0 Å². The van der Waals surface area contributed by atoms with Crippen molar-refractivity contribution < 1.29 is 14.7 Å². The minimum absolute atomic E-state index is 0.0111. The third-order valence-corrected chi connectivity index (χ3v) is 6.15. The molecule has 5 unspecified atom stereocenters. The van der Waals surface area contributed by atoms with Gasteiger partial charge in [-0.2, -0.15) is 0 Å². The Morgan fingerprint density at radius 1 is 1.62 bits per heavy atom. The number of carbonyl (C=O) groups is 2. The van der Waals surface area contributed by atoms with E-state index in [1.807, 2.05) is 6.20 Å². The predicted molar refractivity (Wildman–Crippen MR) is 80.0 cm³/mol. The normalized spacial score (nSPS) is 39.8. The second-order valence-corrected chi connectivity index (χ2v) is 7.54. The summed E-state index contributed by atoms with van der Waals surface area (Å²) in [5.41, 5.74) is 5.31. The van der Waals surface area contributed by atoms with Crippen molar-refractivity contribution in [1.29, 1.82) is 0 Å². The number of thioether (sulfide) groups is 1. The molecule has 0 aromatic carbocycles. The van der Waals surface area contributed by atoms with Gasteiger partial charge in [-0.1, -0.05) is 6.92 Å². The summed E-state index contributed by atoms with van der Waals surface area (Å²) in [5.74, 6) is -0.342. The van der Waals surface area contributed by atoms with Crippen molar-refractivity contribution >= 4 is 23.6 Å². The molecule has 4 N–H and O–H groups in total. The molecule has 21 heavy (non-hydrogen) atoms. The van der Waals surface area contributed by atoms with Gasteiger partial charge in [0.15, 0.2) is 0 Å². The van der Waals surface area contributed by atoms with Gasteiger partial charge in [0, 0.05) is 28.8 Å². The van der Waals surface area contributed by atoms with Crippen molar-refractivity contribution in [2.24, 2.45) is 17.6 Å². The van der Waals surface area contributed by atoms with E-state index >= 15 is 0 Å². The number of β-lactam (4-membered cyclic amide) rings is 1. The van der Waals surface area contributed by atoms with E-state index in [4.69, 9.17) is 5.73 Å². The number of primary amides is 1. The highest BCUT2D eigenvalue weighted by Crippen LogP contribution is 2.48. The van der Waals surface area contributed by atoms with Gasteiger partial charge in [-0.15, -0.1) is 11.8 Å². The number of rotatable bonds is 4. The highest BCUT2D eigenvalue weighted by Gasteiger charge is 2.55. The Balaban J connectivity index is 1.64. The second kappa shape index (κ2) is 5.30. The van der Waals surface area contributed by atoms with Crippen LogP contribution in [0.5, 0.6) is 0 Å². The first-order valence-corrected chi connectivity index (χ1v) is 8.19. The third kappa shape index (κ3) is 2.37. The van der Waals surface area contributed by atoms with Crippen LogP contribution < -0.4 is 11.1 Å². The quantitative estimate of drug-likeness (QED) is 0.616. The Morgan fingerprint density at radius 2 is 2.33 bits per heavy atom. The number of fused-ring (bicyclic) bond motifs is 1. The number of aliphatic hydroxyl groups excluding tert-OH is 1. The summed E-state index contributed by atoms with van der Waals surface area (Å²) < 4.78 is 0. The molecule has 0 aliphatic carbocycles. The highest BCUT2D eigenvalue weighted by molar-refractivity contribution is 8.03. The Bertz CT molecular complexity index is 508. The summed E-state index contributed by atoms with van der Waals surface area (Å²) in [7, 11) is 0. The minimum Gasteiger partial charge on any atom is -0.393 e. The van der Waals surface area contributed by atoms with Gasteiger partial charge in [0.25, 0.3) is 0 Å². The summed E-state index contributed by atoms with van der Waals surface area (Å²) in [4.78, 5) is 26.1. The first-order chi connectivity index (χ1) is 9.90. The number of carbonyl (C=O) groups excluding carboxylic acids is 2. The summed E-state index contributed by atoms with van der Waals surface area (Å²) >= 11 is 1.72. The number of nitrogens with zero attached hydrogens (tertiary/aromatic N) is 1. The fourth-order valence-electron chi connectivity index (χ4n) is 3.51. The van der Waals surface area contributed by atoms with E-state index in [2.05, 4.69) is 12.2 Å². The van der Waals surface area contributed by atoms with Crippen molar-refractivity contribution in [2.45, 2.75) is 43.7 Å². The Morgan fingerprint density at radius 3 is 2.90 bits per heavy atom. The Labute approximate surface area is 128 Å². The lowest BCUT2D eigenvalue weighted by atomic mass is 9.79. The van der Waals surface area contributed by atoms with Crippen molar-refractivity contribution in [3.63, 3.8) is 0 Å². The van der Waals surface area contributed by atoms with Crippen LogP contribution in [-0.2, 0) is 9.59 Å². The van der Waals surface area contributed by atoms with Crippen LogP contribution in [-0.4, -0.2) is 51.8 Å². The first-order valence-electron chi connectivity index (χ1n) is 7.31. The highest BCUT2D eigenvalue weighted by atomic mass is 32.2. The fraction of sp³-hybridized carbons (Fsp3) is 0.714. The predicted octanol–water partition coefficient (Wildman–Crippen LogP) is -0.366. The molecular weight excluding hydrogens is 290 g/mol. The average molecular weight is 311 g/mol. The zero-order valence-electron chi connectivity index (χ0n) is 12.2. The van der Waals surface area contributed by atoms with Gasteiger partial charge in [0.1, 0.15) is 0 Å². The van der Waals surface area contributed by atoms with E-state index in [1.54, 1.807) is 23.6 Å². The molecule has 7 heteroatoms. The lowest BCUT2D eigenvalue weighted by Gasteiger charge is -2.45. The number of nitrogens with one attached hydrogen (secondary N) is 1. The molecule has 0 radical (unpaired) electrons. The molecule has 2 saturated heterocycles. The van der Waals surface area contributed by atoms with Gasteiger partial charge >= 0.3 is 0 Å². The van der Waals surface area contributed by atoms with Crippen molar-refractivity contribution in [3.8, 4) is 0 Å². The lowest BCUT2D eigenvalue weighted by Crippen LogP contribution is -2.61. The maximum atomic E-state index is 12.0. The molecule has 0 bridgehead atoms. The molecule has 2 fully saturated rings. The fourth-order valence-corrected chi connectivity index (χ4v) is 4.89. The molecular formula is C14H21N3O3S. The molecule has 116 valence electrons. The number of hydrogen-bond donors (Lipinski definition) is 3. The molecule has 3 heterocycles. The van der Waals surface area contributed by atoms with Crippen LogP contribution >= 0.6 is 11.8 Å². The summed E-state index contributed by atoms with van der Waals surface area (Å²) in [6.07, 6.45) is 2.03. The maximum absolute atomic E-state index is 12.0. The molecule has 6 atom stereocenters. The monoisotopic (exact) mass is 311 g/mol. The zero-order chi connectivity index (χ0) is 15.3. The van der Waals surface area contributed by atoms with Gasteiger partial charge in [-0.05, 0) is 13.3 Å². The van der Waals surface area contributed by atoms with Crippen LogP contribution in [0.1, 0.15) is 20.3 Å². The average Bonchev–Trinajstić information content (AvgIpc) is 2.96. The van der Waals surface area contributed by atoms with Crippen molar-refractivity contribution in [2.75, 3.05) is 6.54 Å². The van der Waals surface area contributed by atoms with Crippen LogP contribution in [0.15, 0.2) is 11.1 Å². The van der Waals surface area contributed by atoms with Crippen LogP contribution in [0.3, 0.4) is 0 Å². The van der Waals surface area contributed by atoms with E-state index in [9.17, 15) is 14.7 Å².